The molecule has 2 rings (SSSR count). The van der Waals surface area contributed by atoms with Crippen LogP contribution < -0.4 is 5.32 Å². The van der Waals surface area contributed by atoms with Gasteiger partial charge in [0.05, 0.1) is 12.5 Å². The minimum atomic E-state index is -0.400. The molecule has 18 heavy (non-hydrogen) atoms. The van der Waals surface area contributed by atoms with Crippen LogP contribution >= 0.6 is 0 Å². The first-order valence-corrected chi connectivity index (χ1v) is 6.81. The third-order valence-electron chi connectivity index (χ3n) is 3.47. The van der Waals surface area contributed by atoms with Gasteiger partial charge in [-0.1, -0.05) is 44.7 Å². The fourth-order valence-corrected chi connectivity index (χ4v) is 2.39. The number of anilines is 1. The number of benzene rings is 1. The zero-order valence-electron chi connectivity index (χ0n) is 10.9. The first kappa shape index (κ1) is 13.1. The number of fused-ring (bicyclic) bond motifs is 1. The fraction of sp³-hybridized carbons (Fsp3) is 0.533. The van der Waals surface area contributed by atoms with Gasteiger partial charge in [0.1, 0.15) is 0 Å². The van der Waals surface area contributed by atoms with Crippen molar-refractivity contribution in [3.05, 3.63) is 29.3 Å². The Morgan fingerprint density at radius 1 is 1.33 bits per heavy atom. The predicted molar refractivity (Wildman–Crippen MR) is 72.5 cm³/mol. The second-order valence-corrected chi connectivity index (χ2v) is 5.01. The van der Waals surface area contributed by atoms with Gasteiger partial charge in [-0.25, -0.2) is 0 Å². The van der Waals surface area contributed by atoms with Gasteiger partial charge >= 0.3 is 0 Å². The minimum absolute atomic E-state index is 0.0413. The SMILES string of the molecule is CCCCCCC(O)c1ccc2c(c1)CC(=O)N2. The lowest BCUT2D eigenvalue weighted by atomic mass is 10.00. The van der Waals surface area contributed by atoms with Gasteiger partial charge in [-0.2, -0.15) is 0 Å². The Morgan fingerprint density at radius 3 is 2.94 bits per heavy atom. The highest BCUT2D eigenvalue weighted by Crippen LogP contribution is 2.28. The van der Waals surface area contributed by atoms with E-state index in [1.165, 1.54) is 19.3 Å². The van der Waals surface area contributed by atoms with E-state index in [2.05, 4.69) is 12.2 Å². The average Bonchev–Trinajstić information content (AvgIpc) is 2.73. The summed E-state index contributed by atoms with van der Waals surface area (Å²) in [5, 5.41) is 12.9. The summed E-state index contributed by atoms with van der Waals surface area (Å²) < 4.78 is 0. The van der Waals surface area contributed by atoms with Crippen LogP contribution in [0.25, 0.3) is 0 Å². The maximum absolute atomic E-state index is 11.3. The number of hydrogen-bond acceptors (Lipinski definition) is 2. The molecule has 1 atom stereocenters. The van der Waals surface area contributed by atoms with Crippen LogP contribution in [0.4, 0.5) is 5.69 Å². The molecule has 0 fully saturated rings. The third kappa shape index (κ3) is 3.10. The van der Waals surface area contributed by atoms with E-state index in [-0.39, 0.29) is 5.91 Å². The van der Waals surface area contributed by atoms with Gasteiger partial charge in [-0.15, -0.1) is 0 Å². The molecular weight excluding hydrogens is 226 g/mol. The number of amides is 1. The lowest BCUT2D eigenvalue weighted by Crippen LogP contribution is -2.03. The van der Waals surface area contributed by atoms with Crippen LogP contribution in [0.1, 0.15) is 56.3 Å². The van der Waals surface area contributed by atoms with Gasteiger partial charge in [-0.3, -0.25) is 4.79 Å². The topological polar surface area (TPSA) is 49.3 Å². The summed E-state index contributed by atoms with van der Waals surface area (Å²) in [6, 6.07) is 5.76. The number of hydrogen-bond donors (Lipinski definition) is 2. The van der Waals surface area contributed by atoms with Gasteiger partial charge in [0.15, 0.2) is 0 Å². The van der Waals surface area contributed by atoms with E-state index in [9.17, 15) is 9.90 Å². The largest absolute Gasteiger partial charge is 0.388 e. The van der Waals surface area contributed by atoms with Crippen LogP contribution in [0, 0.1) is 0 Å². The highest BCUT2D eigenvalue weighted by atomic mass is 16.3. The number of unbranched alkanes of at least 4 members (excludes halogenated alkanes) is 3. The standard InChI is InChI=1S/C15H21NO2/c1-2-3-4-5-6-14(17)11-7-8-13-12(9-11)10-15(18)16-13/h7-9,14,17H,2-6,10H2,1H3,(H,16,18). The first-order chi connectivity index (χ1) is 8.70. The van der Waals surface area contributed by atoms with Gasteiger partial charge < -0.3 is 10.4 Å². The van der Waals surface area contributed by atoms with Crippen molar-refractivity contribution in [3.63, 3.8) is 0 Å². The predicted octanol–water partition coefficient (Wildman–Crippen LogP) is 3.19. The summed E-state index contributed by atoms with van der Waals surface area (Å²) in [5.74, 6) is 0.0413. The number of rotatable bonds is 6. The van der Waals surface area contributed by atoms with Crippen molar-refractivity contribution in [2.75, 3.05) is 5.32 Å². The van der Waals surface area contributed by atoms with E-state index in [0.717, 1.165) is 29.7 Å². The minimum Gasteiger partial charge on any atom is -0.388 e. The Morgan fingerprint density at radius 2 is 2.17 bits per heavy atom. The Labute approximate surface area is 108 Å². The summed E-state index contributed by atoms with van der Waals surface area (Å²) in [6.07, 6.45) is 5.52. The monoisotopic (exact) mass is 247 g/mol. The summed E-state index contributed by atoms with van der Waals surface area (Å²) in [5.41, 5.74) is 2.83. The zero-order valence-corrected chi connectivity index (χ0v) is 10.9. The first-order valence-electron chi connectivity index (χ1n) is 6.81. The van der Waals surface area contributed by atoms with E-state index >= 15 is 0 Å². The Hall–Kier alpha value is -1.35. The Balaban J connectivity index is 1.93. The molecule has 1 heterocycles. The van der Waals surface area contributed by atoms with Crippen LogP contribution in [0.3, 0.4) is 0 Å². The highest BCUT2D eigenvalue weighted by Gasteiger charge is 2.19. The van der Waals surface area contributed by atoms with Gasteiger partial charge in [0.25, 0.3) is 0 Å². The third-order valence-corrected chi connectivity index (χ3v) is 3.47. The molecule has 0 radical (unpaired) electrons. The van der Waals surface area contributed by atoms with Crippen molar-refractivity contribution in [3.8, 4) is 0 Å². The van der Waals surface area contributed by atoms with Gasteiger partial charge in [0, 0.05) is 5.69 Å². The van der Waals surface area contributed by atoms with E-state index in [1.807, 2.05) is 18.2 Å². The normalized spacial score (nSPS) is 15.3. The molecule has 3 nitrogen and oxygen atoms in total. The maximum Gasteiger partial charge on any atom is 0.228 e. The number of aliphatic hydroxyl groups excluding tert-OH is 1. The molecule has 2 N–H and O–H groups in total. The van der Waals surface area contributed by atoms with Crippen LogP contribution in [0.2, 0.25) is 0 Å². The second-order valence-electron chi connectivity index (χ2n) is 5.01. The van der Waals surface area contributed by atoms with Crippen LogP contribution in [-0.2, 0) is 11.2 Å². The molecule has 0 aromatic heterocycles. The Bertz CT molecular complexity index is 429. The summed E-state index contributed by atoms with van der Waals surface area (Å²) in [7, 11) is 0. The van der Waals surface area contributed by atoms with Crippen LogP contribution in [0.15, 0.2) is 18.2 Å². The fourth-order valence-electron chi connectivity index (χ4n) is 2.39. The molecule has 0 spiro atoms. The molecule has 98 valence electrons. The number of aliphatic hydroxyl groups is 1. The summed E-state index contributed by atoms with van der Waals surface area (Å²) in [4.78, 5) is 11.3. The molecule has 0 saturated heterocycles. The molecule has 0 saturated carbocycles. The maximum atomic E-state index is 11.3. The van der Waals surface area contributed by atoms with Crippen molar-refractivity contribution in [2.45, 2.75) is 51.6 Å². The van der Waals surface area contributed by atoms with Crippen molar-refractivity contribution in [2.24, 2.45) is 0 Å². The molecule has 0 bridgehead atoms. The molecule has 1 aliphatic heterocycles. The van der Waals surface area contributed by atoms with Crippen LogP contribution in [-0.4, -0.2) is 11.0 Å². The average molecular weight is 247 g/mol. The Kier molecular flexibility index (Phi) is 4.37. The van der Waals surface area contributed by atoms with E-state index < -0.39 is 6.10 Å². The summed E-state index contributed by atoms with van der Waals surface area (Å²) in [6.45, 7) is 2.18. The lowest BCUT2D eigenvalue weighted by molar-refractivity contribution is -0.115. The van der Waals surface area contributed by atoms with E-state index in [1.54, 1.807) is 0 Å². The second kappa shape index (κ2) is 6.01. The molecular formula is C15H21NO2. The molecule has 1 aromatic rings. The van der Waals surface area contributed by atoms with Crippen molar-refractivity contribution in [1.29, 1.82) is 0 Å². The molecule has 3 heteroatoms. The lowest BCUT2D eigenvalue weighted by Gasteiger charge is -2.12. The quantitative estimate of drug-likeness (QED) is 0.758. The van der Waals surface area contributed by atoms with E-state index in [4.69, 9.17) is 0 Å². The smallest absolute Gasteiger partial charge is 0.228 e. The number of carbonyl (C=O) groups excluding carboxylic acids is 1. The molecule has 1 aromatic carbocycles. The van der Waals surface area contributed by atoms with E-state index in [0.29, 0.717) is 6.42 Å². The van der Waals surface area contributed by atoms with Crippen molar-refractivity contribution in [1.82, 2.24) is 0 Å². The van der Waals surface area contributed by atoms with Crippen LogP contribution in [0.5, 0.6) is 0 Å². The molecule has 1 aliphatic rings. The van der Waals surface area contributed by atoms with Crippen molar-refractivity contribution < 1.29 is 9.90 Å². The molecule has 0 aliphatic carbocycles. The number of carbonyl (C=O) groups is 1. The number of nitrogens with one attached hydrogen (secondary N) is 1. The molecule has 1 amide bonds. The zero-order chi connectivity index (χ0) is 13.0. The van der Waals surface area contributed by atoms with Gasteiger partial charge in [0.2, 0.25) is 5.91 Å². The van der Waals surface area contributed by atoms with Crippen molar-refractivity contribution >= 4 is 11.6 Å². The highest BCUT2D eigenvalue weighted by molar-refractivity contribution is 5.99. The summed E-state index contributed by atoms with van der Waals surface area (Å²) >= 11 is 0. The molecule has 1 unspecified atom stereocenters. The van der Waals surface area contributed by atoms with Gasteiger partial charge in [-0.05, 0) is 23.6 Å².